The summed E-state index contributed by atoms with van der Waals surface area (Å²) in [5.41, 5.74) is 3.02. The molecule has 1 atom stereocenters. The summed E-state index contributed by atoms with van der Waals surface area (Å²) in [5.74, 6) is -1.55. The Hall–Kier alpha value is -4.50. The summed E-state index contributed by atoms with van der Waals surface area (Å²) in [5, 5.41) is 2.89. The van der Waals surface area contributed by atoms with Crippen LogP contribution in [0.5, 0.6) is 0 Å². The maximum atomic E-state index is 15.0. The Labute approximate surface area is 265 Å². The average molecular weight is 630 g/mol. The highest BCUT2D eigenvalue weighted by atomic mass is 32.2. The number of carbonyl (C=O) groups is 2. The minimum atomic E-state index is -4.22. The average Bonchev–Trinajstić information content (AvgIpc) is 3.05. The van der Waals surface area contributed by atoms with Crippen LogP contribution in [0.15, 0.2) is 108 Å². The summed E-state index contributed by atoms with van der Waals surface area (Å²) < 4.78 is 44.6. The summed E-state index contributed by atoms with van der Waals surface area (Å²) in [6, 6.07) is 27.8. The number of benzene rings is 4. The van der Waals surface area contributed by atoms with Crippen LogP contribution < -0.4 is 9.62 Å². The van der Waals surface area contributed by atoms with Crippen LogP contribution in [0, 0.1) is 12.7 Å². The number of hydrogen-bond donors (Lipinski definition) is 1. The second kappa shape index (κ2) is 15.5. The van der Waals surface area contributed by atoms with Crippen molar-refractivity contribution in [2.24, 2.45) is 0 Å². The van der Waals surface area contributed by atoms with Crippen LogP contribution in [-0.4, -0.2) is 44.3 Å². The third-order valence-electron chi connectivity index (χ3n) is 7.65. The van der Waals surface area contributed by atoms with Gasteiger partial charge in [0.1, 0.15) is 18.4 Å². The number of nitrogens with zero attached hydrogens (tertiary/aromatic N) is 2. The van der Waals surface area contributed by atoms with E-state index in [1.165, 1.54) is 23.1 Å². The van der Waals surface area contributed by atoms with Gasteiger partial charge in [-0.25, -0.2) is 12.8 Å². The van der Waals surface area contributed by atoms with E-state index in [0.717, 1.165) is 21.0 Å². The topological polar surface area (TPSA) is 86.8 Å². The fraction of sp³-hybridized carbons (Fsp3) is 0.278. The minimum absolute atomic E-state index is 0.0361. The zero-order chi connectivity index (χ0) is 32.4. The second-order valence-electron chi connectivity index (χ2n) is 10.9. The van der Waals surface area contributed by atoms with Crippen LogP contribution in [0.3, 0.4) is 0 Å². The van der Waals surface area contributed by atoms with Gasteiger partial charge in [0.25, 0.3) is 10.0 Å². The van der Waals surface area contributed by atoms with E-state index < -0.39 is 40.2 Å². The zero-order valence-electron chi connectivity index (χ0n) is 25.9. The monoisotopic (exact) mass is 629 g/mol. The lowest BCUT2D eigenvalue weighted by Crippen LogP contribution is -2.53. The number of nitrogens with one attached hydrogen (secondary N) is 1. The Morgan fingerprint density at radius 3 is 2.09 bits per heavy atom. The van der Waals surface area contributed by atoms with Crippen LogP contribution in [0.25, 0.3) is 0 Å². The number of hydrogen-bond acceptors (Lipinski definition) is 4. The first-order chi connectivity index (χ1) is 21.6. The normalized spacial score (nSPS) is 11.9. The summed E-state index contributed by atoms with van der Waals surface area (Å²) in [6.45, 7) is 5.28. The molecule has 0 unspecified atom stereocenters. The maximum Gasteiger partial charge on any atom is 0.264 e. The van der Waals surface area contributed by atoms with Gasteiger partial charge < -0.3 is 10.2 Å². The van der Waals surface area contributed by atoms with E-state index in [2.05, 4.69) is 5.32 Å². The van der Waals surface area contributed by atoms with Crippen molar-refractivity contribution in [3.8, 4) is 0 Å². The molecule has 45 heavy (non-hydrogen) atoms. The predicted molar refractivity (Wildman–Crippen MR) is 176 cm³/mol. The van der Waals surface area contributed by atoms with Crippen molar-refractivity contribution in [2.45, 2.75) is 57.5 Å². The molecule has 4 aromatic rings. The molecule has 0 saturated heterocycles. The molecule has 0 spiro atoms. The van der Waals surface area contributed by atoms with E-state index in [0.29, 0.717) is 25.1 Å². The SMILES string of the molecule is CCCNC(=O)[C@H](Cc1ccccc1)N(Cc1ccccc1F)C(=O)CN(c1ccccc1CC)S(=O)(=O)c1ccc(C)cc1. The largest absolute Gasteiger partial charge is 0.354 e. The predicted octanol–water partition coefficient (Wildman–Crippen LogP) is 6.06. The number of halogens is 1. The molecule has 236 valence electrons. The zero-order valence-corrected chi connectivity index (χ0v) is 26.8. The van der Waals surface area contributed by atoms with Crippen molar-refractivity contribution < 1.29 is 22.4 Å². The summed E-state index contributed by atoms with van der Waals surface area (Å²) >= 11 is 0. The molecule has 0 radical (unpaired) electrons. The number of anilines is 1. The van der Waals surface area contributed by atoms with Crippen molar-refractivity contribution in [1.82, 2.24) is 10.2 Å². The van der Waals surface area contributed by atoms with E-state index in [4.69, 9.17) is 0 Å². The Kier molecular flexibility index (Phi) is 11.5. The van der Waals surface area contributed by atoms with Gasteiger partial charge in [0.15, 0.2) is 0 Å². The van der Waals surface area contributed by atoms with Gasteiger partial charge in [0, 0.05) is 25.1 Å². The standard InChI is InChI=1S/C36H40FN3O4S/c1-4-23-38-36(42)34(24-28-13-7-6-8-14-28)39(25-30-16-9-11-17-32(30)37)35(41)26-40(33-18-12-10-15-29(33)5-2)45(43,44)31-21-19-27(3)20-22-31/h6-22,34H,4-5,23-26H2,1-3H3,(H,38,42)/t34-/m0/s1. The molecule has 2 amide bonds. The molecule has 0 aliphatic carbocycles. The highest BCUT2D eigenvalue weighted by Crippen LogP contribution is 2.29. The fourth-order valence-corrected chi connectivity index (χ4v) is 6.59. The molecule has 0 saturated carbocycles. The molecule has 0 aliphatic heterocycles. The number of rotatable bonds is 14. The van der Waals surface area contributed by atoms with Crippen molar-refractivity contribution in [3.05, 3.63) is 131 Å². The Bertz CT molecular complexity index is 1700. The fourth-order valence-electron chi connectivity index (χ4n) is 5.13. The molecular formula is C36H40FN3O4S. The van der Waals surface area contributed by atoms with Gasteiger partial charge in [-0.2, -0.15) is 0 Å². The first kappa shape index (κ1) is 33.4. The molecule has 9 heteroatoms. The number of carbonyl (C=O) groups excluding carboxylic acids is 2. The van der Waals surface area contributed by atoms with Crippen LogP contribution in [-0.2, 0) is 39.0 Å². The lowest BCUT2D eigenvalue weighted by Gasteiger charge is -2.34. The first-order valence-electron chi connectivity index (χ1n) is 15.2. The number of para-hydroxylation sites is 1. The Morgan fingerprint density at radius 1 is 0.822 bits per heavy atom. The number of sulfonamides is 1. The molecule has 1 N–H and O–H groups in total. The minimum Gasteiger partial charge on any atom is -0.354 e. The Morgan fingerprint density at radius 2 is 1.44 bits per heavy atom. The molecule has 0 fully saturated rings. The quantitative estimate of drug-likeness (QED) is 0.184. The molecule has 7 nitrogen and oxygen atoms in total. The highest BCUT2D eigenvalue weighted by Gasteiger charge is 2.35. The molecule has 4 rings (SSSR count). The van der Waals surface area contributed by atoms with E-state index in [1.54, 1.807) is 42.5 Å². The number of aryl methyl sites for hydroxylation is 2. The van der Waals surface area contributed by atoms with Crippen LogP contribution in [0.1, 0.15) is 42.5 Å². The lowest BCUT2D eigenvalue weighted by molar-refractivity contribution is -0.140. The van der Waals surface area contributed by atoms with Crippen LogP contribution in [0.4, 0.5) is 10.1 Å². The van der Waals surface area contributed by atoms with E-state index in [1.807, 2.05) is 63.2 Å². The molecule has 0 bridgehead atoms. The van der Waals surface area contributed by atoms with Crippen LogP contribution >= 0.6 is 0 Å². The molecule has 0 aliphatic rings. The van der Waals surface area contributed by atoms with Crippen molar-refractivity contribution in [3.63, 3.8) is 0 Å². The van der Waals surface area contributed by atoms with Gasteiger partial charge in [-0.1, -0.05) is 98.3 Å². The second-order valence-corrected chi connectivity index (χ2v) is 12.8. The third kappa shape index (κ3) is 8.36. The van der Waals surface area contributed by atoms with Gasteiger partial charge in [-0.15, -0.1) is 0 Å². The molecule has 4 aromatic carbocycles. The highest BCUT2D eigenvalue weighted by molar-refractivity contribution is 7.92. The third-order valence-corrected chi connectivity index (χ3v) is 9.42. The first-order valence-corrected chi connectivity index (χ1v) is 16.6. The van der Waals surface area contributed by atoms with Crippen LogP contribution in [0.2, 0.25) is 0 Å². The van der Waals surface area contributed by atoms with Gasteiger partial charge in [-0.3, -0.25) is 13.9 Å². The van der Waals surface area contributed by atoms with Crippen molar-refractivity contribution >= 4 is 27.5 Å². The smallest absolute Gasteiger partial charge is 0.264 e. The van der Waals surface area contributed by atoms with Gasteiger partial charge >= 0.3 is 0 Å². The summed E-state index contributed by atoms with van der Waals surface area (Å²) in [6.07, 6.45) is 1.37. The Balaban J connectivity index is 1.83. The van der Waals surface area contributed by atoms with Gasteiger partial charge in [-0.05, 0) is 55.2 Å². The van der Waals surface area contributed by atoms with Crippen molar-refractivity contribution in [1.29, 1.82) is 0 Å². The number of amides is 2. The van der Waals surface area contributed by atoms with E-state index >= 15 is 4.39 Å². The summed E-state index contributed by atoms with van der Waals surface area (Å²) in [7, 11) is -4.22. The molecule has 0 heterocycles. The van der Waals surface area contributed by atoms with Gasteiger partial charge in [0.2, 0.25) is 11.8 Å². The summed E-state index contributed by atoms with van der Waals surface area (Å²) in [4.78, 5) is 29.5. The maximum absolute atomic E-state index is 15.0. The van der Waals surface area contributed by atoms with Gasteiger partial charge in [0.05, 0.1) is 10.6 Å². The molecular weight excluding hydrogens is 589 g/mol. The van der Waals surface area contributed by atoms with E-state index in [-0.39, 0.29) is 23.4 Å². The van der Waals surface area contributed by atoms with E-state index in [9.17, 15) is 18.0 Å². The molecule has 0 aromatic heterocycles. The van der Waals surface area contributed by atoms with Crippen molar-refractivity contribution in [2.75, 3.05) is 17.4 Å². The lowest BCUT2D eigenvalue weighted by atomic mass is 10.0.